The lowest BCUT2D eigenvalue weighted by Gasteiger charge is -2.26. The van der Waals surface area contributed by atoms with E-state index in [0.29, 0.717) is 16.8 Å². The first-order chi connectivity index (χ1) is 37.2. The van der Waals surface area contributed by atoms with Crippen molar-refractivity contribution >= 4 is 84.8 Å². The number of hydrogen-bond donors (Lipinski definition) is 7. The van der Waals surface area contributed by atoms with E-state index in [1.54, 1.807) is 56.3 Å². The number of nitrogens with zero attached hydrogens (tertiary/aromatic N) is 7. The summed E-state index contributed by atoms with van der Waals surface area (Å²) in [6, 6.07) is 11.4. The van der Waals surface area contributed by atoms with Crippen molar-refractivity contribution in [2.75, 3.05) is 30.9 Å². The fraction of sp³-hybridized carbons (Fsp3) is 0.413. The fourth-order valence-corrected chi connectivity index (χ4v) is 11.0. The number of fused-ring (bicyclic) bond motifs is 5. The third-order valence-corrected chi connectivity index (χ3v) is 15.4. The van der Waals surface area contributed by atoms with Crippen molar-refractivity contribution in [1.82, 2.24) is 44.3 Å². The van der Waals surface area contributed by atoms with E-state index in [4.69, 9.17) is 38.0 Å². The number of ether oxygens (including phenoxy) is 3. The molecule has 3 saturated heterocycles. The van der Waals surface area contributed by atoms with Crippen molar-refractivity contribution in [3.05, 3.63) is 107 Å². The Morgan fingerprint density at radius 1 is 0.987 bits per heavy atom. The van der Waals surface area contributed by atoms with Gasteiger partial charge in [-0.05, 0) is 42.2 Å². The van der Waals surface area contributed by atoms with Gasteiger partial charge in [-0.1, -0.05) is 56.4 Å². The molecule has 7 N–H and O–H groups in total. The molecule has 3 fully saturated rings. The molecule has 4 amide bonds. The Labute approximate surface area is 446 Å². The van der Waals surface area contributed by atoms with Gasteiger partial charge in [0.2, 0.25) is 11.8 Å². The van der Waals surface area contributed by atoms with Crippen molar-refractivity contribution in [3.63, 3.8) is 0 Å². The number of aliphatic hydroxyl groups excluding tert-OH is 1. The molecule has 0 spiro atoms. The number of alkyl halides is 1. The quantitative estimate of drug-likeness (QED) is 0.0637. The molecule has 0 aliphatic carbocycles. The minimum atomic E-state index is -4.59. The molecule has 0 radical (unpaired) electrons. The molecular weight excluding hydrogens is 1090 g/mol. The highest BCUT2D eigenvalue weighted by molar-refractivity contribution is 8.44. The number of aromatic nitrogens is 7. The van der Waals surface area contributed by atoms with Gasteiger partial charge in [-0.25, -0.2) is 38.1 Å². The third-order valence-electron chi connectivity index (χ3n) is 12.9. The number of benzene rings is 2. The molecule has 3 aliphatic rings. The number of rotatable bonds is 13. The summed E-state index contributed by atoms with van der Waals surface area (Å²) >= 11 is 4.08. The van der Waals surface area contributed by atoms with Crippen LogP contribution in [0.5, 0.6) is 0 Å². The molecule has 0 saturated carbocycles. The number of carbonyl (C=O) groups is 4. The van der Waals surface area contributed by atoms with Crippen LogP contribution in [-0.4, -0.2) is 137 Å². The maximum Gasteiger partial charge on any atom is 0.410 e. The van der Waals surface area contributed by atoms with Crippen LogP contribution >= 0.6 is 27.3 Å². The lowest BCUT2D eigenvalue weighted by Crippen LogP contribution is -2.50. The largest absolute Gasteiger partial charge is 0.445 e. The first-order valence-electron chi connectivity index (χ1n) is 23.9. The van der Waals surface area contributed by atoms with E-state index >= 15 is 4.39 Å². The monoisotopic (exact) mass is 1140 g/mol. The lowest BCUT2D eigenvalue weighted by molar-refractivity contribution is -0.127. The molecule has 32 heteroatoms. The number of imidazole rings is 1. The van der Waals surface area contributed by atoms with Crippen LogP contribution in [0.15, 0.2) is 78.5 Å². The highest BCUT2D eigenvalue weighted by Gasteiger charge is 2.53. The first kappa shape index (κ1) is 56.2. The number of amides is 4. The fourth-order valence-electron chi connectivity index (χ4n) is 8.65. The zero-order chi connectivity index (χ0) is 55.7. The van der Waals surface area contributed by atoms with Crippen LogP contribution in [0.2, 0.25) is 0 Å². The molecule has 3 aliphatic heterocycles. The molecule has 27 nitrogen and oxygen atoms in total. The minimum absolute atomic E-state index is 0.0103. The Balaban J connectivity index is 0.830. The van der Waals surface area contributed by atoms with E-state index in [2.05, 4.69) is 53.1 Å². The Bertz CT molecular complexity index is 3370. The highest BCUT2D eigenvalue weighted by Crippen LogP contribution is 2.58. The van der Waals surface area contributed by atoms with Crippen LogP contribution in [0.1, 0.15) is 54.7 Å². The predicted molar refractivity (Wildman–Crippen MR) is 273 cm³/mol. The van der Waals surface area contributed by atoms with Gasteiger partial charge >= 0.3 is 21.1 Å². The molecule has 7 heterocycles. The summed E-state index contributed by atoms with van der Waals surface area (Å²) in [5.74, 6) is -2.76. The standard InChI is InChI=1S/C46H52F2N12O15P2S/c1-21(2)32(49)43(65)55-22(3)40(62)56-25-11-9-23(10-12-25)15-69-46(66)58(4)13-24-7-5-6-8-26(24)41(63)57-37-33-39(52-18-50-37)60(20-54-33)44-31(48)35-29(73-44)17-71-77(68,78)75-36-34(61)28(16-70-76(67)74-35)72-45(36)59-14-27(47)30-38(59)51-19-53-42(30)64/h5-12,14,18-22,28-29,31-32,34-36,44-45,61,76H,13,15-17,49H2,1-4H3,(H,55,65)(H,56,62)(H,68,78)(H,51,53,64)(H,50,52,57,63)/t22-,28+,29+,31+,32-,34+,35+,36+,44+,45+,77?/m0/s1. The lowest BCUT2D eigenvalue weighted by atomic mass is 10.0. The number of nitrogens with two attached hydrogens (primary N) is 1. The summed E-state index contributed by atoms with van der Waals surface area (Å²) in [4.78, 5) is 84.7. The first-order valence-corrected chi connectivity index (χ1v) is 27.9. The van der Waals surface area contributed by atoms with E-state index < -0.39 is 130 Å². The highest BCUT2D eigenvalue weighted by atomic mass is 32.7. The van der Waals surface area contributed by atoms with Crippen molar-refractivity contribution in [2.45, 2.75) is 95.2 Å². The summed E-state index contributed by atoms with van der Waals surface area (Å²) < 4.78 is 101. The van der Waals surface area contributed by atoms with Gasteiger partial charge in [0.15, 0.2) is 47.1 Å². The molecular formula is C46H52F2N12O15P2S. The van der Waals surface area contributed by atoms with Gasteiger partial charge in [0, 0.05) is 31.0 Å². The van der Waals surface area contributed by atoms with Gasteiger partial charge in [0.25, 0.3) is 11.5 Å². The summed E-state index contributed by atoms with van der Waals surface area (Å²) in [7, 11) is -2.17. The second-order valence-corrected chi connectivity index (χ2v) is 22.5. The Morgan fingerprint density at radius 3 is 2.49 bits per heavy atom. The zero-order valence-electron chi connectivity index (χ0n) is 41.6. The number of halogens is 2. The van der Waals surface area contributed by atoms with Crippen molar-refractivity contribution < 1.29 is 74.5 Å². The number of thiol groups is 1. The van der Waals surface area contributed by atoms with Crippen LogP contribution in [0.4, 0.5) is 25.1 Å². The topological polar surface area (TPSA) is 347 Å². The normalized spacial score (nSPS) is 26.3. The number of carbonyl (C=O) groups excluding carboxylic acids is 4. The summed E-state index contributed by atoms with van der Waals surface area (Å²) in [6.45, 7) is -1.07. The number of nitrogens with one attached hydrogen (secondary N) is 4. The van der Waals surface area contributed by atoms with E-state index in [1.165, 1.54) is 24.9 Å². The Morgan fingerprint density at radius 2 is 1.73 bits per heavy atom. The van der Waals surface area contributed by atoms with Gasteiger partial charge in [0.05, 0.1) is 31.9 Å². The smallest absolute Gasteiger partial charge is 0.410 e. The maximum atomic E-state index is 16.7. The maximum absolute atomic E-state index is 16.7. The number of aromatic amines is 1. The van der Waals surface area contributed by atoms with E-state index in [0.717, 1.165) is 34.3 Å². The average molecular weight is 1150 g/mol. The molecule has 6 aromatic rings. The molecule has 416 valence electrons. The average Bonchev–Trinajstić information content (AvgIpc) is 4.17. The van der Waals surface area contributed by atoms with Crippen LogP contribution in [0.25, 0.3) is 22.2 Å². The van der Waals surface area contributed by atoms with Gasteiger partial charge < -0.3 is 64.5 Å². The van der Waals surface area contributed by atoms with Crippen LogP contribution < -0.4 is 27.2 Å². The SMILES string of the molecule is CC(C)[C@H](N)C(=O)N[C@@H](C)C(=O)Nc1ccc(COC(=O)N(C)Cc2ccccc2C(=O)Nc2ncnc3c2ncn3[C@@H]2O[C@@H]3COP(=O)(S)O[C@@H]4[C@H](O)[C@@H](CO[PH](=O)O[C@H]3[C@H]2F)O[C@H]4n2cc(F)c3c(=O)[nH]cnc32)cc1. The number of hydrogen-bond acceptors (Lipinski definition) is 20. The molecule has 4 aromatic heterocycles. The summed E-state index contributed by atoms with van der Waals surface area (Å²) in [5.41, 5.74) is 6.41. The summed E-state index contributed by atoms with van der Waals surface area (Å²) in [5, 5.41) is 18.8. The van der Waals surface area contributed by atoms with Crippen molar-refractivity contribution in [3.8, 4) is 0 Å². The van der Waals surface area contributed by atoms with Gasteiger partial charge in [-0.3, -0.25) is 37.4 Å². The molecule has 9 rings (SSSR count). The molecule has 12 atom stereocenters. The van der Waals surface area contributed by atoms with Gasteiger partial charge in [0.1, 0.15) is 54.9 Å². The number of H-pyrrole nitrogens is 1. The Kier molecular flexibility index (Phi) is 16.9. The molecule has 2 aromatic carbocycles. The van der Waals surface area contributed by atoms with Crippen LogP contribution in [0, 0.1) is 11.7 Å². The predicted octanol–water partition coefficient (Wildman–Crippen LogP) is 3.89. The van der Waals surface area contributed by atoms with Gasteiger partial charge in [-0.2, -0.15) is 0 Å². The minimum Gasteiger partial charge on any atom is -0.445 e. The van der Waals surface area contributed by atoms with Crippen molar-refractivity contribution in [2.24, 2.45) is 11.7 Å². The Hall–Kier alpha value is -6.56. The second-order valence-electron chi connectivity index (χ2n) is 18.6. The van der Waals surface area contributed by atoms with E-state index in [-0.39, 0.29) is 47.3 Å². The van der Waals surface area contributed by atoms with Crippen LogP contribution in [-0.2, 0) is 64.2 Å². The zero-order valence-corrected chi connectivity index (χ0v) is 44.4. The van der Waals surface area contributed by atoms with Crippen molar-refractivity contribution in [1.29, 1.82) is 0 Å². The molecule has 2 bridgehead atoms. The third kappa shape index (κ3) is 12.0. The molecule has 78 heavy (non-hydrogen) atoms. The summed E-state index contributed by atoms with van der Waals surface area (Å²) in [6.07, 6.45) is -9.84. The number of aliphatic hydroxyl groups is 1. The van der Waals surface area contributed by atoms with Crippen LogP contribution in [0.3, 0.4) is 0 Å². The van der Waals surface area contributed by atoms with E-state index in [9.17, 15) is 42.6 Å². The molecule has 2 unspecified atom stereocenters. The second kappa shape index (κ2) is 23.4. The number of anilines is 2. The van der Waals surface area contributed by atoms with E-state index in [1.807, 2.05) is 0 Å². The van der Waals surface area contributed by atoms with Gasteiger partial charge in [-0.15, -0.1) is 0 Å².